The lowest BCUT2D eigenvalue weighted by Crippen LogP contribution is -2.51. The van der Waals surface area contributed by atoms with Gasteiger partial charge in [-0.1, -0.05) is 42.5 Å². The molecule has 0 aromatic heterocycles. The number of ether oxygens (including phenoxy) is 1. The fourth-order valence-electron chi connectivity index (χ4n) is 3.01. The average molecular weight is 447 g/mol. The van der Waals surface area contributed by atoms with Gasteiger partial charge in [0.2, 0.25) is 5.91 Å². The van der Waals surface area contributed by atoms with E-state index in [-0.39, 0.29) is 11.3 Å². The predicted octanol–water partition coefficient (Wildman–Crippen LogP) is 1.30. The summed E-state index contributed by atoms with van der Waals surface area (Å²) >= 11 is 1.40. The molecule has 31 heavy (non-hydrogen) atoms. The maximum Gasteiger partial charge on any atom is 0.335 e. The number of esters is 1. The molecule has 2 unspecified atom stereocenters. The Hall–Kier alpha value is -2.88. The van der Waals surface area contributed by atoms with Gasteiger partial charge in [-0.05, 0) is 34.9 Å². The van der Waals surface area contributed by atoms with E-state index in [2.05, 4.69) is 10.1 Å². The van der Waals surface area contributed by atoms with Crippen LogP contribution in [0.25, 0.3) is 11.1 Å². The number of thioether (sulfide) groups is 1. The molecule has 0 aliphatic rings. The molecule has 0 aliphatic carbocycles. The number of methoxy groups -OCH3 is 1. The monoisotopic (exact) mass is 446 g/mol. The second-order valence-corrected chi connectivity index (χ2v) is 7.85. The highest BCUT2D eigenvalue weighted by atomic mass is 32.2. The molecule has 166 valence electrons. The molecular formula is C22H26N2O6S. The van der Waals surface area contributed by atoms with Crippen molar-refractivity contribution in [2.75, 3.05) is 25.2 Å². The summed E-state index contributed by atoms with van der Waals surface area (Å²) in [6.45, 7) is -0.591. The molecule has 5 N–H and O–H groups in total. The number of amides is 1. The number of aliphatic hydroxyl groups is 1. The fraction of sp³-hybridized carbons (Fsp3) is 0.318. The Morgan fingerprint density at radius 3 is 2.45 bits per heavy atom. The molecule has 2 rings (SSSR count). The number of hydrogen-bond acceptors (Lipinski definition) is 7. The van der Waals surface area contributed by atoms with Crippen molar-refractivity contribution in [2.24, 2.45) is 5.73 Å². The van der Waals surface area contributed by atoms with Crippen LogP contribution >= 0.6 is 11.8 Å². The van der Waals surface area contributed by atoms with E-state index in [0.717, 1.165) is 23.8 Å². The number of nitrogens with two attached hydrogens (primary N) is 1. The maximum absolute atomic E-state index is 12.1. The molecule has 0 radical (unpaired) electrons. The first-order chi connectivity index (χ1) is 14.9. The largest absolute Gasteiger partial charge is 0.478 e. The number of nitrogens with one attached hydrogen (secondary N) is 1. The normalized spacial score (nSPS) is 12.6. The third-order valence-corrected chi connectivity index (χ3v) is 5.69. The molecule has 0 fully saturated rings. The van der Waals surface area contributed by atoms with Crippen LogP contribution in [-0.4, -0.2) is 65.4 Å². The SMILES string of the molecule is COC(=O)C(CO)NC(=O)C(N)CSCCc1c(C(=O)O)cccc1-c1ccccc1. The van der Waals surface area contributed by atoms with E-state index in [4.69, 9.17) is 5.73 Å². The Labute approximate surface area is 184 Å². The zero-order valence-corrected chi connectivity index (χ0v) is 17.9. The number of carbonyl (C=O) groups excluding carboxylic acids is 2. The summed E-state index contributed by atoms with van der Waals surface area (Å²) in [5, 5.41) is 21.1. The molecule has 8 nitrogen and oxygen atoms in total. The van der Waals surface area contributed by atoms with Gasteiger partial charge in [0.25, 0.3) is 0 Å². The summed E-state index contributed by atoms with van der Waals surface area (Å²) in [5.74, 6) is -1.51. The van der Waals surface area contributed by atoms with Gasteiger partial charge in [0.1, 0.15) is 0 Å². The first-order valence-corrected chi connectivity index (χ1v) is 10.8. The summed E-state index contributed by atoms with van der Waals surface area (Å²) in [4.78, 5) is 35.3. The van der Waals surface area contributed by atoms with E-state index >= 15 is 0 Å². The van der Waals surface area contributed by atoms with Crippen molar-refractivity contribution in [3.63, 3.8) is 0 Å². The molecule has 1 amide bonds. The molecule has 0 heterocycles. The second kappa shape index (κ2) is 12.1. The van der Waals surface area contributed by atoms with Crippen LogP contribution in [0, 0.1) is 0 Å². The van der Waals surface area contributed by atoms with Gasteiger partial charge < -0.3 is 26.0 Å². The van der Waals surface area contributed by atoms with Crippen LogP contribution in [-0.2, 0) is 20.7 Å². The zero-order valence-electron chi connectivity index (χ0n) is 17.1. The van der Waals surface area contributed by atoms with Crippen LogP contribution in [0.1, 0.15) is 15.9 Å². The summed E-state index contributed by atoms with van der Waals surface area (Å²) in [7, 11) is 1.16. The van der Waals surface area contributed by atoms with Crippen LogP contribution in [0.3, 0.4) is 0 Å². The number of aliphatic hydroxyl groups excluding tert-OH is 1. The molecular weight excluding hydrogens is 420 g/mol. The Bertz CT molecular complexity index is 906. The van der Waals surface area contributed by atoms with Gasteiger partial charge >= 0.3 is 11.9 Å². The van der Waals surface area contributed by atoms with E-state index in [1.807, 2.05) is 36.4 Å². The Morgan fingerprint density at radius 1 is 1.13 bits per heavy atom. The number of hydrogen-bond donors (Lipinski definition) is 4. The molecule has 2 aromatic rings. The Kier molecular flexibility index (Phi) is 9.51. The molecule has 9 heteroatoms. The van der Waals surface area contributed by atoms with Crippen molar-refractivity contribution in [3.8, 4) is 11.1 Å². The second-order valence-electron chi connectivity index (χ2n) is 6.70. The van der Waals surface area contributed by atoms with Gasteiger partial charge in [0, 0.05) is 5.75 Å². The smallest absolute Gasteiger partial charge is 0.335 e. The minimum Gasteiger partial charge on any atom is -0.478 e. The number of aromatic carboxylic acids is 1. The zero-order chi connectivity index (χ0) is 22.8. The summed E-state index contributed by atoms with van der Waals surface area (Å²) < 4.78 is 4.50. The quantitative estimate of drug-likeness (QED) is 0.299. The van der Waals surface area contributed by atoms with Crippen molar-refractivity contribution in [1.29, 1.82) is 0 Å². The predicted molar refractivity (Wildman–Crippen MR) is 119 cm³/mol. The van der Waals surface area contributed by atoms with Gasteiger partial charge in [-0.2, -0.15) is 11.8 Å². The average Bonchev–Trinajstić information content (AvgIpc) is 2.79. The van der Waals surface area contributed by atoms with Crippen LogP contribution in [0.2, 0.25) is 0 Å². The first-order valence-electron chi connectivity index (χ1n) is 9.62. The summed E-state index contributed by atoms with van der Waals surface area (Å²) in [6.07, 6.45) is 0.479. The standard InChI is InChI=1S/C22H26N2O6S/c1-30-22(29)19(12-25)24-20(26)18(23)13-31-11-10-16-15(14-6-3-2-4-7-14)8-5-9-17(16)21(27)28/h2-9,18-19,25H,10-13,23H2,1H3,(H,24,26)(H,27,28). The molecule has 0 aliphatic heterocycles. The molecule has 0 spiro atoms. The topological polar surface area (TPSA) is 139 Å². The lowest BCUT2D eigenvalue weighted by molar-refractivity contribution is -0.146. The van der Waals surface area contributed by atoms with Gasteiger partial charge in [-0.25, -0.2) is 9.59 Å². The highest BCUT2D eigenvalue weighted by Gasteiger charge is 2.23. The van der Waals surface area contributed by atoms with Crippen molar-refractivity contribution < 1.29 is 29.3 Å². The van der Waals surface area contributed by atoms with E-state index in [1.54, 1.807) is 12.1 Å². The van der Waals surface area contributed by atoms with Crippen LogP contribution in [0.5, 0.6) is 0 Å². The van der Waals surface area contributed by atoms with E-state index in [9.17, 15) is 24.6 Å². The van der Waals surface area contributed by atoms with Gasteiger partial charge in [-0.3, -0.25) is 4.79 Å². The van der Waals surface area contributed by atoms with Gasteiger partial charge in [0.05, 0.1) is 25.3 Å². The van der Waals surface area contributed by atoms with Gasteiger partial charge in [0.15, 0.2) is 6.04 Å². The summed E-state index contributed by atoms with van der Waals surface area (Å²) in [6, 6.07) is 12.7. The first kappa shape index (κ1) is 24.4. The van der Waals surface area contributed by atoms with Crippen molar-refractivity contribution in [2.45, 2.75) is 18.5 Å². The third kappa shape index (κ3) is 6.81. The molecule has 0 saturated carbocycles. The highest BCUT2D eigenvalue weighted by Crippen LogP contribution is 2.28. The van der Waals surface area contributed by atoms with Crippen LogP contribution < -0.4 is 11.1 Å². The number of benzene rings is 2. The number of rotatable bonds is 11. The number of carboxylic acids is 1. The highest BCUT2D eigenvalue weighted by molar-refractivity contribution is 7.99. The minimum atomic E-state index is -1.16. The van der Waals surface area contributed by atoms with Crippen LogP contribution in [0.15, 0.2) is 48.5 Å². The Morgan fingerprint density at radius 2 is 1.84 bits per heavy atom. The maximum atomic E-state index is 12.1. The number of carbonyl (C=O) groups is 3. The molecule has 2 aromatic carbocycles. The van der Waals surface area contributed by atoms with Crippen molar-refractivity contribution in [3.05, 3.63) is 59.7 Å². The van der Waals surface area contributed by atoms with Gasteiger partial charge in [-0.15, -0.1) is 0 Å². The molecule has 0 bridgehead atoms. The third-order valence-electron chi connectivity index (χ3n) is 4.61. The van der Waals surface area contributed by atoms with Crippen molar-refractivity contribution >= 4 is 29.6 Å². The van der Waals surface area contributed by atoms with Crippen LogP contribution in [0.4, 0.5) is 0 Å². The van der Waals surface area contributed by atoms with E-state index < -0.39 is 36.5 Å². The van der Waals surface area contributed by atoms with E-state index in [1.165, 1.54) is 11.8 Å². The lowest BCUT2D eigenvalue weighted by atomic mass is 9.94. The lowest BCUT2D eigenvalue weighted by Gasteiger charge is -2.17. The Balaban J connectivity index is 2.00. The summed E-state index contributed by atoms with van der Waals surface area (Å²) in [5.41, 5.74) is 8.63. The molecule has 2 atom stereocenters. The van der Waals surface area contributed by atoms with E-state index in [0.29, 0.717) is 12.2 Å². The number of carboxylic acid groups (broad SMARTS) is 1. The minimum absolute atomic E-state index is 0.243. The van der Waals surface area contributed by atoms with Crippen molar-refractivity contribution in [1.82, 2.24) is 5.32 Å². The molecule has 0 saturated heterocycles. The fourth-order valence-corrected chi connectivity index (χ4v) is 3.93.